The van der Waals surface area contributed by atoms with Gasteiger partial charge in [-0.15, -0.1) is 0 Å². The van der Waals surface area contributed by atoms with E-state index in [2.05, 4.69) is 0 Å². The fraction of sp³-hybridized carbons (Fsp3) is 0.538. The Labute approximate surface area is 119 Å². The Hall–Kier alpha value is -1.83. The second-order valence-corrected chi connectivity index (χ2v) is 5.10. The highest BCUT2D eigenvalue weighted by Gasteiger charge is 2.34. The van der Waals surface area contributed by atoms with Crippen LogP contribution in [0.1, 0.15) is 18.4 Å². The molecule has 21 heavy (non-hydrogen) atoms. The predicted molar refractivity (Wildman–Crippen MR) is 70.1 cm³/mol. The molecule has 1 fully saturated rings. The Morgan fingerprint density at radius 1 is 1.43 bits per heavy atom. The predicted octanol–water partition coefficient (Wildman–Crippen LogP) is 2.82. The number of aliphatic hydroxyl groups is 1. The van der Waals surface area contributed by atoms with E-state index in [1.54, 1.807) is 4.90 Å². The summed E-state index contributed by atoms with van der Waals surface area (Å²) in [6.07, 6.45) is -3.07. The average molecular weight is 304 g/mol. The van der Waals surface area contributed by atoms with E-state index in [1.165, 1.54) is 0 Å². The van der Waals surface area contributed by atoms with Crippen LogP contribution in [-0.4, -0.2) is 29.7 Å². The Balaban J connectivity index is 2.37. The zero-order valence-corrected chi connectivity index (χ0v) is 11.1. The molecule has 0 spiro atoms. The molecule has 1 aliphatic heterocycles. The third-order valence-electron chi connectivity index (χ3n) is 3.62. The van der Waals surface area contributed by atoms with Gasteiger partial charge < -0.3 is 10.0 Å². The van der Waals surface area contributed by atoms with Crippen molar-refractivity contribution < 1.29 is 23.2 Å². The molecule has 5 nitrogen and oxygen atoms in total. The molecular weight excluding hydrogens is 289 g/mol. The summed E-state index contributed by atoms with van der Waals surface area (Å²) in [5.74, 6) is -0.0133. The largest absolute Gasteiger partial charge is 0.416 e. The van der Waals surface area contributed by atoms with Gasteiger partial charge in [-0.2, -0.15) is 13.2 Å². The van der Waals surface area contributed by atoms with E-state index in [9.17, 15) is 28.4 Å². The number of hydrogen-bond donors (Lipinski definition) is 1. The maximum atomic E-state index is 12.7. The number of hydrogen-bond acceptors (Lipinski definition) is 4. The van der Waals surface area contributed by atoms with Gasteiger partial charge in [0.05, 0.1) is 10.5 Å². The van der Waals surface area contributed by atoms with Crippen LogP contribution in [0.15, 0.2) is 18.2 Å². The number of rotatable bonds is 3. The Kier molecular flexibility index (Phi) is 4.36. The standard InChI is InChI=1S/C13H15F3N2O3/c14-13(15,16)10-3-4-11(12(6-10)18(20)21)17-5-1-2-9(7-17)8-19/h3-4,6,9,19H,1-2,5,7-8H2. The van der Waals surface area contributed by atoms with Crippen molar-refractivity contribution in [2.75, 3.05) is 24.6 Å². The molecule has 1 aromatic carbocycles. The lowest BCUT2D eigenvalue weighted by Crippen LogP contribution is -2.37. The lowest BCUT2D eigenvalue weighted by molar-refractivity contribution is -0.384. The van der Waals surface area contributed by atoms with Crippen molar-refractivity contribution in [3.63, 3.8) is 0 Å². The smallest absolute Gasteiger partial charge is 0.396 e. The van der Waals surface area contributed by atoms with Gasteiger partial charge in [-0.05, 0) is 30.9 Å². The van der Waals surface area contributed by atoms with Gasteiger partial charge >= 0.3 is 6.18 Å². The van der Waals surface area contributed by atoms with Gasteiger partial charge in [0.1, 0.15) is 5.69 Å². The minimum absolute atomic E-state index is 0.0133. The van der Waals surface area contributed by atoms with Gasteiger partial charge in [-0.25, -0.2) is 0 Å². The van der Waals surface area contributed by atoms with Crippen molar-refractivity contribution in [2.24, 2.45) is 5.92 Å². The van der Waals surface area contributed by atoms with Gasteiger partial charge in [-0.1, -0.05) is 0 Å². The third-order valence-corrected chi connectivity index (χ3v) is 3.62. The summed E-state index contributed by atoms with van der Waals surface area (Å²) in [6.45, 7) is 0.899. The van der Waals surface area contributed by atoms with Crippen LogP contribution < -0.4 is 4.90 Å². The highest BCUT2D eigenvalue weighted by molar-refractivity contribution is 5.65. The number of alkyl halides is 3. The molecule has 1 unspecified atom stereocenters. The lowest BCUT2D eigenvalue weighted by atomic mass is 9.98. The van der Waals surface area contributed by atoms with Crippen molar-refractivity contribution in [2.45, 2.75) is 19.0 Å². The molecule has 2 rings (SSSR count). The molecule has 1 aliphatic rings. The minimum Gasteiger partial charge on any atom is -0.396 e. The minimum atomic E-state index is -4.61. The highest BCUT2D eigenvalue weighted by atomic mass is 19.4. The number of nitrogens with zero attached hydrogens (tertiary/aromatic N) is 2. The van der Waals surface area contributed by atoms with Gasteiger partial charge in [0.25, 0.3) is 5.69 Å². The number of benzene rings is 1. The van der Waals surface area contributed by atoms with Crippen LogP contribution in [0.3, 0.4) is 0 Å². The van der Waals surface area contributed by atoms with Crippen LogP contribution in [0.2, 0.25) is 0 Å². The molecule has 1 atom stereocenters. The molecule has 1 aromatic rings. The molecule has 0 aromatic heterocycles. The first kappa shape index (κ1) is 15.6. The van der Waals surface area contributed by atoms with Gasteiger partial charge in [0.15, 0.2) is 0 Å². The second-order valence-electron chi connectivity index (χ2n) is 5.10. The Morgan fingerprint density at radius 3 is 2.71 bits per heavy atom. The molecule has 1 heterocycles. The van der Waals surface area contributed by atoms with Crippen molar-refractivity contribution in [3.05, 3.63) is 33.9 Å². The van der Waals surface area contributed by atoms with Crippen LogP contribution in [0.25, 0.3) is 0 Å². The maximum absolute atomic E-state index is 12.7. The van der Waals surface area contributed by atoms with Gasteiger partial charge in [-0.3, -0.25) is 10.1 Å². The molecule has 0 bridgehead atoms. The zero-order chi connectivity index (χ0) is 15.6. The first-order chi connectivity index (χ1) is 9.82. The molecule has 0 aliphatic carbocycles. The second kappa shape index (κ2) is 5.88. The molecule has 116 valence electrons. The number of nitro benzene ring substituents is 1. The molecule has 0 saturated carbocycles. The summed E-state index contributed by atoms with van der Waals surface area (Å²) in [5.41, 5.74) is -1.41. The summed E-state index contributed by atoms with van der Waals surface area (Å²) in [7, 11) is 0. The van der Waals surface area contributed by atoms with Gasteiger partial charge in [0.2, 0.25) is 0 Å². The Morgan fingerprint density at radius 2 is 2.14 bits per heavy atom. The first-order valence-electron chi connectivity index (χ1n) is 6.54. The lowest BCUT2D eigenvalue weighted by Gasteiger charge is -2.33. The number of anilines is 1. The Bertz CT molecular complexity index is 534. The molecule has 1 N–H and O–H groups in total. The SMILES string of the molecule is O=[N+]([O-])c1cc(C(F)(F)F)ccc1N1CCCC(CO)C1. The average Bonchev–Trinajstić information content (AvgIpc) is 2.45. The van der Waals surface area contributed by atoms with E-state index in [0.29, 0.717) is 19.2 Å². The van der Waals surface area contributed by atoms with Crippen molar-refractivity contribution in [1.82, 2.24) is 0 Å². The summed E-state index contributed by atoms with van der Waals surface area (Å²) in [5, 5.41) is 20.2. The normalized spacial score (nSPS) is 19.6. The molecule has 0 radical (unpaired) electrons. The van der Waals surface area contributed by atoms with Crippen LogP contribution in [0.4, 0.5) is 24.5 Å². The van der Waals surface area contributed by atoms with E-state index < -0.39 is 22.4 Å². The quantitative estimate of drug-likeness (QED) is 0.689. The van der Waals surface area contributed by atoms with Crippen LogP contribution in [0, 0.1) is 16.0 Å². The molecule has 0 amide bonds. The van der Waals surface area contributed by atoms with E-state index in [1.807, 2.05) is 0 Å². The van der Waals surface area contributed by atoms with Crippen molar-refractivity contribution >= 4 is 11.4 Å². The topological polar surface area (TPSA) is 66.6 Å². The third kappa shape index (κ3) is 3.44. The van der Waals surface area contributed by atoms with Crippen LogP contribution in [-0.2, 0) is 6.18 Å². The van der Waals surface area contributed by atoms with Crippen molar-refractivity contribution in [3.8, 4) is 0 Å². The summed E-state index contributed by atoms with van der Waals surface area (Å²) >= 11 is 0. The van der Waals surface area contributed by atoms with Gasteiger partial charge in [0, 0.05) is 25.8 Å². The monoisotopic (exact) mass is 304 g/mol. The van der Waals surface area contributed by atoms with E-state index >= 15 is 0 Å². The maximum Gasteiger partial charge on any atom is 0.416 e. The van der Waals surface area contributed by atoms with E-state index in [4.69, 9.17) is 0 Å². The molecule has 8 heteroatoms. The fourth-order valence-electron chi connectivity index (χ4n) is 2.55. The van der Waals surface area contributed by atoms with E-state index in [-0.39, 0.29) is 18.2 Å². The number of aliphatic hydroxyl groups excluding tert-OH is 1. The van der Waals surface area contributed by atoms with E-state index in [0.717, 1.165) is 25.0 Å². The first-order valence-corrected chi connectivity index (χ1v) is 6.54. The number of nitro groups is 1. The highest BCUT2D eigenvalue weighted by Crippen LogP contribution is 2.37. The zero-order valence-electron chi connectivity index (χ0n) is 11.1. The molecular formula is C13H15F3N2O3. The summed E-state index contributed by atoms with van der Waals surface area (Å²) < 4.78 is 38.0. The fourth-order valence-corrected chi connectivity index (χ4v) is 2.55. The van der Waals surface area contributed by atoms with Crippen LogP contribution >= 0.6 is 0 Å². The number of halogens is 3. The summed E-state index contributed by atoms with van der Waals surface area (Å²) in [6, 6.07) is 2.56. The summed E-state index contributed by atoms with van der Waals surface area (Å²) in [4.78, 5) is 11.9. The number of piperidine rings is 1. The molecule has 1 saturated heterocycles. The van der Waals surface area contributed by atoms with Crippen LogP contribution in [0.5, 0.6) is 0 Å². The van der Waals surface area contributed by atoms with Crippen molar-refractivity contribution in [1.29, 1.82) is 0 Å².